The summed E-state index contributed by atoms with van der Waals surface area (Å²) in [6.45, 7) is 4.01. The van der Waals surface area contributed by atoms with Gasteiger partial charge >= 0.3 is 0 Å². The van der Waals surface area contributed by atoms with Crippen LogP contribution in [0.5, 0.6) is 0 Å². The molecule has 0 spiro atoms. The van der Waals surface area contributed by atoms with Gasteiger partial charge in [-0.3, -0.25) is 14.4 Å². The van der Waals surface area contributed by atoms with Gasteiger partial charge in [0.15, 0.2) is 11.5 Å². The van der Waals surface area contributed by atoms with Crippen LogP contribution in [0.15, 0.2) is 24.3 Å². The number of ether oxygens (including phenoxy) is 1. The lowest BCUT2D eigenvalue weighted by Gasteiger charge is -2.27. The molecule has 204 valence electrons. The topological polar surface area (TPSA) is 170 Å². The van der Waals surface area contributed by atoms with Crippen LogP contribution in [0.25, 0.3) is 0 Å². The third-order valence-electron chi connectivity index (χ3n) is 7.00. The Morgan fingerprint density at radius 2 is 1.53 bits per heavy atom. The van der Waals surface area contributed by atoms with E-state index in [1.165, 1.54) is 19.3 Å². The SMILES string of the molecule is NC(=O)C1CCCC1.NC(=O)c1nnc(N2CCCCC2)nc1Nc1ccc(C(=O)N2CCOCC2)cc1. The van der Waals surface area contributed by atoms with E-state index >= 15 is 0 Å². The number of hydrogen-bond acceptors (Lipinski definition) is 9. The number of anilines is 3. The minimum absolute atomic E-state index is 0.0239. The molecule has 1 aromatic carbocycles. The van der Waals surface area contributed by atoms with E-state index in [1.807, 2.05) is 0 Å². The maximum absolute atomic E-state index is 12.6. The number of benzene rings is 1. The predicted molar refractivity (Wildman–Crippen MR) is 142 cm³/mol. The second kappa shape index (κ2) is 13.1. The maximum atomic E-state index is 12.6. The molecule has 3 fully saturated rings. The highest BCUT2D eigenvalue weighted by Crippen LogP contribution is 2.24. The summed E-state index contributed by atoms with van der Waals surface area (Å²) in [4.78, 5) is 43.1. The Morgan fingerprint density at radius 1 is 0.868 bits per heavy atom. The predicted octanol–water partition coefficient (Wildman–Crippen LogP) is 1.84. The second-order valence-corrected chi connectivity index (χ2v) is 9.71. The van der Waals surface area contributed by atoms with Crippen molar-refractivity contribution in [2.75, 3.05) is 49.6 Å². The molecule has 0 unspecified atom stereocenters. The Bertz CT molecular complexity index is 1110. The normalized spacial score (nSPS) is 17.9. The van der Waals surface area contributed by atoms with Gasteiger partial charge in [0, 0.05) is 43.3 Å². The fraction of sp³-hybridized carbons (Fsp3) is 0.538. The van der Waals surface area contributed by atoms with Gasteiger partial charge < -0.3 is 31.3 Å². The average molecular weight is 525 g/mol. The highest BCUT2D eigenvalue weighted by Gasteiger charge is 2.21. The molecule has 1 saturated carbocycles. The van der Waals surface area contributed by atoms with E-state index in [-0.39, 0.29) is 29.2 Å². The molecule has 1 aromatic heterocycles. The van der Waals surface area contributed by atoms with Crippen LogP contribution in [0, 0.1) is 5.92 Å². The molecular formula is C26H36N8O4. The van der Waals surface area contributed by atoms with Gasteiger partial charge in [-0.15, -0.1) is 10.2 Å². The number of rotatable bonds is 6. The summed E-state index contributed by atoms with van der Waals surface area (Å²) in [5.74, 6) is 0.0877. The lowest BCUT2D eigenvalue weighted by Crippen LogP contribution is -2.40. The quantitative estimate of drug-likeness (QED) is 0.510. The molecule has 2 saturated heterocycles. The van der Waals surface area contributed by atoms with Crippen molar-refractivity contribution in [1.29, 1.82) is 0 Å². The van der Waals surface area contributed by atoms with E-state index in [9.17, 15) is 14.4 Å². The van der Waals surface area contributed by atoms with Crippen LogP contribution >= 0.6 is 0 Å². The third-order valence-corrected chi connectivity index (χ3v) is 7.00. The first-order valence-electron chi connectivity index (χ1n) is 13.3. The minimum atomic E-state index is -0.707. The van der Waals surface area contributed by atoms with Gasteiger partial charge in [0.1, 0.15) is 0 Å². The van der Waals surface area contributed by atoms with Gasteiger partial charge in [-0.05, 0) is 56.4 Å². The molecule has 5 N–H and O–H groups in total. The van der Waals surface area contributed by atoms with Crippen LogP contribution in [-0.4, -0.2) is 77.2 Å². The van der Waals surface area contributed by atoms with E-state index in [1.54, 1.807) is 29.2 Å². The molecule has 2 aromatic rings. The van der Waals surface area contributed by atoms with Gasteiger partial charge in [0.05, 0.1) is 13.2 Å². The van der Waals surface area contributed by atoms with Crippen molar-refractivity contribution in [1.82, 2.24) is 20.1 Å². The number of nitrogens with zero attached hydrogens (tertiary/aromatic N) is 5. The number of carbonyl (C=O) groups excluding carboxylic acids is 3. The fourth-order valence-corrected chi connectivity index (χ4v) is 4.79. The first kappa shape index (κ1) is 27.2. The Morgan fingerprint density at radius 3 is 2.11 bits per heavy atom. The van der Waals surface area contributed by atoms with E-state index in [0.29, 0.717) is 43.5 Å². The molecular weight excluding hydrogens is 488 g/mol. The largest absolute Gasteiger partial charge is 0.378 e. The number of primary amides is 2. The monoisotopic (exact) mass is 524 g/mol. The third kappa shape index (κ3) is 7.15. The molecule has 0 atom stereocenters. The van der Waals surface area contributed by atoms with E-state index in [2.05, 4.69) is 25.4 Å². The molecule has 1 aliphatic carbocycles. The first-order chi connectivity index (χ1) is 18.4. The summed E-state index contributed by atoms with van der Waals surface area (Å²) in [7, 11) is 0. The fourth-order valence-electron chi connectivity index (χ4n) is 4.79. The van der Waals surface area contributed by atoms with Crippen molar-refractivity contribution < 1.29 is 19.1 Å². The molecule has 38 heavy (non-hydrogen) atoms. The number of morpholine rings is 1. The Kier molecular flexibility index (Phi) is 9.41. The molecule has 2 aliphatic heterocycles. The van der Waals surface area contributed by atoms with Crippen molar-refractivity contribution in [2.24, 2.45) is 17.4 Å². The first-order valence-corrected chi connectivity index (χ1v) is 13.3. The number of carbonyl (C=O) groups is 3. The zero-order valence-corrected chi connectivity index (χ0v) is 21.6. The summed E-state index contributed by atoms with van der Waals surface area (Å²) in [6.07, 6.45) is 7.75. The zero-order valence-electron chi connectivity index (χ0n) is 21.6. The molecule has 3 amide bonds. The Hall–Kier alpha value is -3.80. The number of nitrogens with one attached hydrogen (secondary N) is 1. The summed E-state index contributed by atoms with van der Waals surface area (Å²) >= 11 is 0. The van der Waals surface area contributed by atoms with Crippen LogP contribution in [0.1, 0.15) is 65.8 Å². The van der Waals surface area contributed by atoms with Crippen LogP contribution in [0.3, 0.4) is 0 Å². The summed E-state index contributed by atoms with van der Waals surface area (Å²) in [5, 5.41) is 11.2. The summed E-state index contributed by atoms with van der Waals surface area (Å²) in [5.41, 5.74) is 11.7. The lowest BCUT2D eigenvalue weighted by molar-refractivity contribution is -0.121. The van der Waals surface area contributed by atoms with Crippen molar-refractivity contribution in [3.8, 4) is 0 Å². The van der Waals surface area contributed by atoms with E-state index < -0.39 is 5.91 Å². The number of amides is 3. The number of hydrogen-bond donors (Lipinski definition) is 3. The minimum Gasteiger partial charge on any atom is -0.378 e. The molecule has 12 nitrogen and oxygen atoms in total. The molecule has 3 heterocycles. The summed E-state index contributed by atoms with van der Waals surface area (Å²) in [6, 6.07) is 7.01. The van der Waals surface area contributed by atoms with Crippen molar-refractivity contribution in [3.05, 3.63) is 35.5 Å². The standard InChI is InChI=1S/C20H25N7O3.C6H11NO/c21-17(28)16-18(23-20(25-24-16)27-8-2-1-3-9-27)22-15-6-4-14(5-7-15)19(29)26-10-12-30-13-11-26;7-6(8)5-3-1-2-4-5/h4-7H,1-3,8-13H2,(H2,21,28)(H,22,23,25);5H,1-4H2,(H2,7,8). The Balaban J connectivity index is 0.000000360. The number of nitrogens with two attached hydrogens (primary N) is 2. The van der Waals surface area contributed by atoms with Gasteiger partial charge in [-0.1, -0.05) is 12.8 Å². The molecule has 5 rings (SSSR count). The highest BCUT2D eigenvalue weighted by molar-refractivity contribution is 5.97. The van der Waals surface area contributed by atoms with Crippen LogP contribution in [0.4, 0.5) is 17.5 Å². The van der Waals surface area contributed by atoms with Gasteiger partial charge in [0.2, 0.25) is 11.9 Å². The highest BCUT2D eigenvalue weighted by atomic mass is 16.5. The number of piperidine rings is 1. The average Bonchev–Trinajstić information content (AvgIpc) is 3.50. The second-order valence-electron chi connectivity index (χ2n) is 9.71. The Labute approximate surface area is 222 Å². The van der Waals surface area contributed by atoms with Crippen molar-refractivity contribution in [3.63, 3.8) is 0 Å². The zero-order chi connectivity index (χ0) is 26.9. The molecule has 0 bridgehead atoms. The van der Waals surface area contributed by atoms with Gasteiger partial charge in [-0.25, -0.2) is 0 Å². The van der Waals surface area contributed by atoms with Crippen LogP contribution < -0.4 is 21.7 Å². The number of aromatic nitrogens is 3. The van der Waals surface area contributed by atoms with Crippen LogP contribution in [-0.2, 0) is 9.53 Å². The molecule has 12 heteroatoms. The molecule has 3 aliphatic rings. The van der Waals surface area contributed by atoms with E-state index in [0.717, 1.165) is 38.8 Å². The van der Waals surface area contributed by atoms with Crippen LogP contribution in [0.2, 0.25) is 0 Å². The maximum Gasteiger partial charge on any atom is 0.273 e. The lowest BCUT2D eigenvalue weighted by atomic mass is 10.1. The van der Waals surface area contributed by atoms with Crippen molar-refractivity contribution in [2.45, 2.75) is 44.9 Å². The van der Waals surface area contributed by atoms with Gasteiger partial charge in [0.25, 0.3) is 11.8 Å². The smallest absolute Gasteiger partial charge is 0.273 e. The molecule has 0 radical (unpaired) electrons. The van der Waals surface area contributed by atoms with Gasteiger partial charge in [-0.2, -0.15) is 4.98 Å². The van der Waals surface area contributed by atoms with E-state index in [4.69, 9.17) is 16.2 Å². The summed E-state index contributed by atoms with van der Waals surface area (Å²) < 4.78 is 5.29. The van der Waals surface area contributed by atoms with Crippen molar-refractivity contribution >= 4 is 35.2 Å².